The molecule has 0 unspecified atom stereocenters. The van der Waals surface area contributed by atoms with Crippen molar-refractivity contribution in [3.63, 3.8) is 0 Å². The predicted molar refractivity (Wildman–Crippen MR) is 110 cm³/mol. The van der Waals surface area contributed by atoms with Crippen LogP contribution in [0.25, 0.3) is 0 Å². The van der Waals surface area contributed by atoms with Crippen LogP contribution in [0.2, 0.25) is 5.02 Å². The van der Waals surface area contributed by atoms with Gasteiger partial charge in [0, 0.05) is 24.8 Å². The lowest BCUT2D eigenvalue weighted by Crippen LogP contribution is -2.44. The Morgan fingerprint density at radius 2 is 2.00 bits per heavy atom. The van der Waals surface area contributed by atoms with Gasteiger partial charge in [0.15, 0.2) is 11.4 Å². The van der Waals surface area contributed by atoms with Crippen molar-refractivity contribution in [3.05, 3.63) is 62.0 Å². The number of hydroxylamine groups is 2. The van der Waals surface area contributed by atoms with E-state index >= 15 is 0 Å². The molecular weight excluding hydrogens is 450 g/mol. The van der Waals surface area contributed by atoms with Gasteiger partial charge in [-0.15, -0.1) is 0 Å². The smallest absolute Gasteiger partial charge is 0.298 e. The SMILES string of the molecule is CCON1CCN(C)Cn2cc(C(=O)NCc3ccc(F)c(Cl)c3F)c(=O)c(O)c2C1=O. The van der Waals surface area contributed by atoms with E-state index in [1.54, 1.807) is 18.9 Å². The van der Waals surface area contributed by atoms with Crippen LogP contribution in [0.1, 0.15) is 33.3 Å². The number of pyridine rings is 1. The van der Waals surface area contributed by atoms with E-state index in [-0.39, 0.29) is 37.6 Å². The molecule has 12 heteroatoms. The van der Waals surface area contributed by atoms with Gasteiger partial charge in [0.05, 0.1) is 19.8 Å². The zero-order valence-corrected chi connectivity index (χ0v) is 18.1. The van der Waals surface area contributed by atoms with E-state index in [0.29, 0.717) is 6.54 Å². The third-order valence-electron chi connectivity index (χ3n) is 4.85. The molecule has 2 N–H and O–H groups in total. The first kappa shape index (κ1) is 23.6. The Morgan fingerprint density at radius 3 is 2.69 bits per heavy atom. The van der Waals surface area contributed by atoms with Gasteiger partial charge in [0.2, 0.25) is 5.43 Å². The van der Waals surface area contributed by atoms with Gasteiger partial charge in [-0.1, -0.05) is 17.7 Å². The molecule has 1 aromatic heterocycles. The summed E-state index contributed by atoms with van der Waals surface area (Å²) in [6.45, 7) is 2.26. The number of carbonyl (C=O) groups is 2. The number of hydrogen-bond donors (Lipinski definition) is 2. The third kappa shape index (κ3) is 4.59. The number of benzene rings is 1. The van der Waals surface area contributed by atoms with Crippen molar-refractivity contribution in [2.24, 2.45) is 0 Å². The average molecular weight is 471 g/mol. The number of carbonyl (C=O) groups excluding carboxylic acids is 2. The Balaban J connectivity index is 1.94. The second-order valence-corrected chi connectivity index (χ2v) is 7.48. The maximum absolute atomic E-state index is 14.1. The van der Waals surface area contributed by atoms with Crippen LogP contribution in [-0.4, -0.2) is 58.2 Å². The fourth-order valence-electron chi connectivity index (χ4n) is 3.21. The van der Waals surface area contributed by atoms with Crippen molar-refractivity contribution in [2.75, 3.05) is 26.7 Å². The molecule has 2 heterocycles. The molecule has 32 heavy (non-hydrogen) atoms. The topological polar surface area (TPSA) is 104 Å². The van der Waals surface area contributed by atoms with Crippen molar-refractivity contribution in [3.8, 4) is 5.75 Å². The van der Waals surface area contributed by atoms with Gasteiger partial charge in [0.25, 0.3) is 11.8 Å². The molecule has 1 aliphatic heterocycles. The summed E-state index contributed by atoms with van der Waals surface area (Å²) < 4.78 is 28.6. The number of aromatic nitrogens is 1. The van der Waals surface area contributed by atoms with Gasteiger partial charge < -0.3 is 15.0 Å². The van der Waals surface area contributed by atoms with Crippen LogP contribution in [0.15, 0.2) is 23.1 Å². The van der Waals surface area contributed by atoms with Crippen LogP contribution in [0.5, 0.6) is 5.75 Å². The summed E-state index contributed by atoms with van der Waals surface area (Å²) in [5, 5.41) is 13.1. The molecule has 9 nitrogen and oxygen atoms in total. The number of nitrogens with zero attached hydrogens (tertiary/aromatic N) is 3. The number of amides is 2. The molecule has 1 aliphatic rings. The van der Waals surface area contributed by atoms with E-state index in [0.717, 1.165) is 23.4 Å². The van der Waals surface area contributed by atoms with E-state index in [1.807, 2.05) is 0 Å². The van der Waals surface area contributed by atoms with Gasteiger partial charge in [-0.05, 0) is 20.0 Å². The minimum absolute atomic E-state index is 0.0948. The second-order valence-electron chi connectivity index (χ2n) is 7.10. The maximum atomic E-state index is 14.1. The molecule has 0 bridgehead atoms. The number of likely N-dealkylation sites (N-methyl/N-ethyl adjacent to an activating group) is 1. The van der Waals surface area contributed by atoms with E-state index < -0.39 is 45.2 Å². The number of rotatable bonds is 5. The molecule has 2 aromatic rings. The number of halogens is 3. The Kier molecular flexibility index (Phi) is 7.12. The van der Waals surface area contributed by atoms with Gasteiger partial charge in [-0.25, -0.2) is 13.8 Å². The van der Waals surface area contributed by atoms with Crippen LogP contribution in [0.3, 0.4) is 0 Å². The minimum atomic E-state index is -1.07. The summed E-state index contributed by atoms with van der Waals surface area (Å²) in [5.74, 6) is -4.52. The van der Waals surface area contributed by atoms with Gasteiger partial charge >= 0.3 is 0 Å². The molecule has 2 amide bonds. The van der Waals surface area contributed by atoms with Gasteiger partial charge in [-0.2, -0.15) is 0 Å². The highest BCUT2D eigenvalue weighted by Crippen LogP contribution is 2.22. The van der Waals surface area contributed by atoms with Crippen LogP contribution in [0, 0.1) is 11.6 Å². The van der Waals surface area contributed by atoms with Crippen molar-refractivity contribution >= 4 is 23.4 Å². The van der Waals surface area contributed by atoms with Gasteiger partial charge in [-0.3, -0.25) is 24.1 Å². The fraction of sp³-hybridized carbons (Fsp3) is 0.350. The van der Waals surface area contributed by atoms with Crippen molar-refractivity contribution in [2.45, 2.75) is 20.1 Å². The quantitative estimate of drug-likeness (QED) is 0.645. The van der Waals surface area contributed by atoms with Gasteiger partial charge in [0.1, 0.15) is 22.2 Å². The van der Waals surface area contributed by atoms with E-state index in [1.165, 1.54) is 4.57 Å². The number of fused-ring (bicyclic) bond motifs is 1. The van der Waals surface area contributed by atoms with Crippen LogP contribution in [0.4, 0.5) is 8.78 Å². The van der Waals surface area contributed by atoms with E-state index in [2.05, 4.69) is 5.32 Å². The monoisotopic (exact) mass is 470 g/mol. The molecule has 0 fully saturated rings. The Hall–Kier alpha value is -3.02. The van der Waals surface area contributed by atoms with Crippen molar-refractivity contribution < 1.29 is 28.3 Å². The molecular formula is C20H21ClF2N4O5. The first-order chi connectivity index (χ1) is 15.1. The summed E-state index contributed by atoms with van der Waals surface area (Å²) in [6.07, 6.45) is 1.14. The zero-order chi connectivity index (χ0) is 23.6. The lowest BCUT2D eigenvalue weighted by molar-refractivity contribution is -0.123. The maximum Gasteiger partial charge on any atom is 0.298 e. The minimum Gasteiger partial charge on any atom is -0.503 e. The van der Waals surface area contributed by atoms with Crippen LogP contribution < -0.4 is 10.7 Å². The first-order valence-electron chi connectivity index (χ1n) is 9.66. The molecule has 0 atom stereocenters. The van der Waals surface area contributed by atoms with Crippen molar-refractivity contribution in [1.29, 1.82) is 0 Å². The molecule has 0 saturated carbocycles. The molecule has 0 radical (unpaired) electrons. The number of aromatic hydroxyl groups is 1. The van der Waals surface area contributed by atoms with E-state index in [9.17, 15) is 28.3 Å². The molecule has 0 aliphatic carbocycles. The zero-order valence-electron chi connectivity index (χ0n) is 17.3. The van der Waals surface area contributed by atoms with E-state index in [4.69, 9.17) is 16.4 Å². The number of hydrogen-bond acceptors (Lipinski definition) is 6. The highest BCUT2D eigenvalue weighted by Gasteiger charge is 2.30. The summed E-state index contributed by atoms with van der Waals surface area (Å²) in [6, 6.07) is 2.06. The molecule has 0 spiro atoms. The Labute approximate surface area is 186 Å². The molecule has 3 rings (SSSR count). The predicted octanol–water partition coefficient (Wildman–Crippen LogP) is 1.71. The highest BCUT2D eigenvalue weighted by atomic mass is 35.5. The average Bonchev–Trinajstić information content (AvgIpc) is 2.75. The Bertz CT molecular complexity index is 1120. The molecule has 172 valence electrons. The largest absolute Gasteiger partial charge is 0.503 e. The van der Waals surface area contributed by atoms with Crippen LogP contribution in [-0.2, 0) is 18.1 Å². The normalized spacial score (nSPS) is 14.7. The summed E-state index contributed by atoms with van der Waals surface area (Å²) in [5.41, 5.74) is -1.94. The fourth-order valence-corrected chi connectivity index (χ4v) is 3.40. The molecule has 0 saturated heterocycles. The lowest BCUT2D eigenvalue weighted by atomic mass is 10.1. The second kappa shape index (κ2) is 9.63. The number of nitrogens with one attached hydrogen (secondary N) is 1. The highest BCUT2D eigenvalue weighted by molar-refractivity contribution is 6.30. The summed E-state index contributed by atoms with van der Waals surface area (Å²) in [7, 11) is 1.75. The lowest BCUT2D eigenvalue weighted by Gasteiger charge is -2.30. The standard InChI is InChI=1S/C20H21ClF2N4O5/c1-3-32-27-7-6-25(2)10-26-9-12(17(28)18(29)16(26)20(27)31)19(30)24-8-11-4-5-13(22)14(21)15(11)23/h4-5,9,29H,3,6-8,10H2,1-2H3,(H,24,30). The first-order valence-corrected chi connectivity index (χ1v) is 10.0. The third-order valence-corrected chi connectivity index (χ3v) is 5.19. The summed E-state index contributed by atoms with van der Waals surface area (Å²) in [4.78, 5) is 45.2. The van der Waals surface area contributed by atoms with Crippen molar-refractivity contribution in [1.82, 2.24) is 19.8 Å². The summed E-state index contributed by atoms with van der Waals surface area (Å²) >= 11 is 5.53. The van der Waals surface area contributed by atoms with Crippen LogP contribution >= 0.6 is 11.6 Å². The molecule has 1 aromatic carbocycles. The Morgan fingerprint density at radius 1 is 1.28 bits per heavy atom.